The maximum absolute atomic E-state index is 13.0. The van der Waals surface area contributed by atoms with Gasteiger partial charge < -0.3 is 14.2 Å². The molecule has 0 spiro atoms. The van der Waals surface area contributed by atoms with Crippen LogP contribution in [0.4, 0.5) is 4.79 Å². The van der Waals surface area contributed by atoms with E-state index in [4.69, 9.17) is 14.2 Å². The molecule has 1 aliphatic heterocycles. The minimum absolute atomic E-state index is 0.200. The van der Waals surface area contributed by atoms with E-state index >= 15 is 0 Å². The lowest BCUT2D eigenvalue weighted by atomic mass is 9.97. The van der Waals surface area contributed by atoms with Crippen molar-refractivity contribution in [3.05, 3.63) is 71.3 Å². The molecule has 0 aromatic heterocycles. The van der Waals surface area contributed by atoms with Crippen LogP contribution in [0.2, 0.25) is 0 Å². The highest BCUT2D eigenvalue weighted by Gasteiger charge is 2.45. The minimum Gasteiger partial charge on any atom is -0.460 e. The SMILES string of the molecule is CC(C(=O)OC(C)(C)C)c1ccc([C@H]2COC(C)(C)N2C(=O)OCc2ccccc2)cc1. The number of esters is 1. The molecule has 1 fully saturated rings. The first kappa shape index (κ1) is 23.8. The molecule has 0 N–H and O–H groups in total. The summed E-state index contributed by atoms with van der Waals surface area (Å²) in [4.78, 5) is 27.0. The van der Waals surface area contributed by atoms with Crippen LogP contribution in [0.1, 0.15) is 70.2 Å². The lowest BCUT2D eigenvalue weighted by Crippen LogP contribution is -2.45. The third-order valence-corrected chi connectivity index (χ3v) is 5.47. The second kappa shape index (κ2) is 9.33. The van der Waals surface area contributed by atoms with Crippen LogP contribution in [0.3, 0.4) is 0 Å². The molecule has 0 bridgehead atoms. The number of ether oxygens (including phenoxy) is 3. The van der Waals surface area contributed by atoms with Crippen molar-refractivity contribution >= 4 is 12.1 Å². The lowest BCUT2D eigenvalue weighted by Gasteiger charge is -2.33. The average Bonchev–Trinajstić information content (AvgIpc) is 3.06. The Balaban J connectivity index is 1.72. The molecule has 0 saturated carbocycles. The van der Waals surface area contributed by atoms with Gasteiger partial charge in [-0.15, -0.1) is 0 Å². The van der Waals surface area contributed by atoms with Gasteiger partial charge in [0.05, 0.1) is 18.6 Å². The third kappa shape index (κ3) is 5.68. The van der Waals surface area contributed by atoms with E-state index in [1.807, 2.05) is 96.1 Å². The first-order chi connectivity index (χ1) is 15.0. The Kier molecular flexibility index (Phi) is 6.94. The van der Waals surface area contributed by atoms with Crippen LogP contribution in [0.25, 0.3) is 0 Å². The lowest BCUT2D eigenvalue weighted by molar-refractivity contribution is -0.156. The molecule has 2 aromatic carbocycles. The third-order valence-electron chi connectivity index (χ3n) is 5.47. The maximum atomic E-state index is 13.0. The monoisotopic (exact) mass is 439 g/mol. The van der Waals surface area contributed by atoms with Gasteiger partial charge in [0.25, 0.3) is 0 Å². The van der Waals surface area contributed by atoms with Crippen molar-refractivity contribution in [1.29, 1.82) is 0 Å². The van der Waals surface area contributed by atoms with Crippen molar-refractivity contribution in [3.63, 3.8) is 0 Å². The number of carbonyl (C=O) groups is 2. The topological polar surface area (TPSA) is 65.1 Å². The summed E-state index contributed by atoms with van der Waals surface area (Å²) in [7, 11) is 0. The van der Waals surface area contributed by atoms with Gasteiger partial charge >= 0.3 is 12.1 Å². The first-order valence-electron chi connectivity index (χ1n) is 10.9. The second-order valence-corrected chi connectivity index (χ2v) is 9.61. The molecule has 1 amide bonds. The normalized spacial score (nSPS) is 18.8. The zero-order valence-corrected chi connectivity index (χ0v) is 19.8. The van der Waals surface area contributed by atoms with Crippen LogP contribution in [0.15, 0.2) is 54.6 Å². The van der Waals surface area contributed by atoms with Crippen LogP contribution < -0.4 is 0 Å². The fourth-order valence-electron chi connectivity index (χ4n) is 3.72. The van der Waals surface area contributed by atoms with Gasteiger partial charge in [-0.2, -0.15) is 0 Å². The van der Waals surface area contributed by atoms with Crippen LogP contribution in [-0.4, -0.2) is 34.9 Å². The predicted molar refractivity (Wildman–Crippen MR) is 122 cm³/mol. The van der Waals surface area contributed by atoms with Gasteiger partial charge in [0.2, 0.25) is 0 Å². The molecule has 1 aliphatic rings. The molecule has 1 unspecified atom stereocenters. The molecule has 6 nitrogen and oxygen atoms in total. The van der Waals surface area contributed by atoms with Crippen molar-refractivity contribution in [1.82, 2.24) is 4.90 Å². The summed E-state index contributed by atoms with van der Waals surface area (Å²) in [6.07, 6.45) is -0.424. The van der Waals surface area contributed by atoms with E-state index in [1.54, 1.807) is 4.90 Å². The molecule has 2 aromatic rings. The molecule has 0 aliphatic carbocycles. The van der Waals surface area contributed by atoms with E-state index < -0.39 is 17.4 Å². The van der Waals surface area contributed by atoms with Crippen LogP contribution >= 0.6 is 0 Å². The van der Waals surface area contributed by atoms with Gasteiger partial charge in [-0.05, 0) is 58.2 Å². The summed E-state index contributed by atoms with van der Waals surface area (Å²) >= 11 is 0. The summed E-state index contributed by atoms with van der Waals surface area (Å²) in [5.74, 6) is -0.645. The Labute approximate surface area is 190 Å². The maximum Gasteiger partial charge on any atom is 0.412 e. The summed E-state index contributed by atoms with van der Waals surface area (Å²) in [5.41, 5.74) is 1.39. The highest BCUT2D eigenvalue weighted by molar-refractivity contribution is 5.78. The van der Waals surface area contributed by atoms with Crippen LogP contribution in [0, 0.1) is 0 Å². The van der Waals surface area contributed by atoms with E-state index in [2.05, 4.69) is 0 Å². The Morgan fingerprint density at radius 1 is 1.09 bits per heavy atom. The second-order valence-electron chi connectivity index (χ2n) is 9.61. The van der Waals surface area contributed by atoms with Gasteiger partial charge in [-0.25, -0.2) is 4.79 Å². The number of rotatable bonds is 5. The first-order valence-corrected chi connectivity index (χ1v) is 10.9. The largest absolute Gasteiger partial charge is 0.460 e. The van der Waals surface area contributed by atoms with Crippen molar-refractivity contribution in [3.8, 4) is 0 Å². The average molecular weight is 440 g/mol. The van der Waals surface area contributed by atoms with E-state index in [0.717, 1.165) is 16.7 Å². The summed E-state index contributed by atoms with van der Waals surface area (Å²) in [6, 6.07) is 17.0. The van der Waals surface area contributed by atoms with Crippen LogP contribution in [-0.2, 0) is 25.6 Å². The molecule has 2 atom stereocenters. The predicted octanol–water partition coefficient (Wildman–Crippen LogP) is 5.58. The van der Waals surface area contributed by atoms with E-state index in [-0.39, 0.29) is 24.5 Å². The molecular formula is C26H33NO5. The molecule has 3 rings (SSSR count). The Morgan fingerprint density at radius 3 is 2.31 bits per heavy atom. The zero-order valence-electron chi connectivity index (χ0n) is 19.8. The van der Waals surface area contributed by atoms with Crippen molar-refractivity contribution in [2.75, 3.05) is 6.61 Å². The van der Waals surface area contributed by atoms with Crippen molar-refractivity contribution in [2.24, 2.45) is 0 Å². The number of hydrogen-bond acceptors (Lipinski definition) is 5. The minimum atomic E-state index is -0.791. The standard InChI is InChI=1S/C26H33NO5/c1-18(23(28)32-25(2,3)4)20-12-14-21(15-13-20)22-17-31-26(5,6)27(22)24(29)30-16-19-10-8-7-9-11-19/h7-15,18,22H,16-17H2,1-6H3/t18?,22-/m1/s1. The summed E-state index contributed by atoms with van der Waals surface area (Å²) < 4.78 is 17.0. The summed E-state index contributed by atoms with van der Waals surface area (Å²) in [5, 5.41) is 0. The highest BCUT2D eigenvalue weighted by Crippen LogP contribution is 2.38. The Hall–Kier alpha value is -2.86. The van der Waals surface area contributed by atoms with Gasteiger partial charge in [0.1, 0.15) is 17.9 Å². The smallest absolute Gasteiger partial charge is 0.412 e. The van der Waals surface area contributed by atoms with Gasteiger partial charge in [-0.3, -0.25) is 9.69 Å². The van der Waals surface area contributed by atoms with Gasteiger partial charge in [-0.1, -0.05) is 54.6 Å². The Morgan fingerprint density at radius 2 is 1.72 bits per heavy atom. The number of nitrogens with zero attached hydrogens (tertiary/aromatic N) is 1. The molecule has 1 saturated heterocycles. The Bertz CT molecular complexity index is 931. The van der Waals surface area contributed by atoms with Crippen molar-refractivity contribution in [2.45, 2.75) is 71.4 Å². The fourth-order valence-corrected chi connectivity index (χ4v) is 3.72. The summed E-state index contributed by atoms with van der Waals surface area (Å²) in [6.45, 7) is 11.7. The number of hydrogen-bond donors (Lipinski definition) is 0. The molecule has 0 radical (unpaired) electrons. The van der Waals surface area contributed by atoms with Crippen molar-refractivity contribution < 1.29 is 23.8 Å². The van der Waals surface area contributed by atoms with Gasteiger partial charge in [0, 0.05) is 0 Å². The molecule has 32 heavy (non-hydrogen) atoms. The van der Waals surface area contributed by atoms with E-state index in [0.29, 0.717) is 6.61 Å². The molecule has 1 heterocycles. The zero-order chi connectivity index (χ0) is 23.5. The number of carbonyl (C=O) groups excluding carboxylic acids is 2. The van der Waals surface area contributed by atoms with Crippen LogP contribution in [0.5, 0.6) is 0 Å². The van der Waals surface area contributed by atoms with E-state index in [1.165, 1.54) is 0 Å². The molecule has 6 heteroatoms. The quantitative estimate of drug-likeness (QED) is 0.569. The fraction of sp³-hybridized carbons (Fsp3) is 0.462. The highest BCUT2D eigenvalue weighted by atomic mass is 16.6. The number of benzene rings is 2. The molecule has 172 valence electrons. The van der Waals surface area contributed by atoms with E-state index in [9.17, 15) is 9.59 Å². The van der Waals surface area contributed by atoms with Gasteiger partial charge in [0.15, 0.2) is 0 Å². The number of amides is 1. The molecular weight excluding hydrogens is 406 g/mol.